The third-order valence-electron chi connectivity index (χ3n) is 6.63. The molecule has 0 aliphatic heterocycles. The SMILES string of the molecule is Cc1ccc(F)cc1CNc1cc(OC(=O)c2cnc3cc(Oc4ccccc4)ccn23)c2cccn2c1C(=O)O. The molecule has 9 nitrogen and oxygen atoms in total. The molecule has 0 amide bonds. The summed E-state index contributed by atoms with van der Waals surface area (Å²) < 4.78 is 28.5. The minimum Gasteiger partial charge on any atom is -0.476 e. The van der Waals surface area contributed by atoms with Crippen molar-refractivity contribution >= 4 is 28.8 Å². The topological polar surface area (TPSA) is 107 Å². The van der Waals surface area contributed by atoms with Crippen LogP contribution in [0.1, 0.15) is 32.1 Å². The standard InChI is InChI=1S/C31H23FN4O5/c1-19-9-10-21(32)14-20(19)17-33-24-16-27(25-8-5-12-36(25)29(24)30(37)38)41-31(39)26-18-34-28-15-23(11-13-35(26)28)40-22-6-3-2-4-7-22/h2-16,18,33H,17H2,1H3,(H,37,38). The molecule has 2 aromatic carbocycles. The Morgan fingerprint density at radius 2 is 1.78 bits per heavy atom. The molecular weight excluding hydrogens is 527 g/mol. The minimum absolute atomic E-state index is 0.0559. The highest BCUT2D eigenvalue weighted by Crippen LogP contribution is 2.31. The summed E-state index contributed by atoms with van der Waals surface area (Å²) in [5.41, 5.74) is 2.68. The van der Waals surface area contributed by atoms with Crippen LogP contribution in [0.25, 0.3) is 11.2 Å². The van der Waals surface area contributed by atoms with Gasteiger partial charge in [0, 0.05) is 31.1 Å². The number of carbonyl (C=O) groups excluding carboxylic acids is 1. The van der Waals surface area contributed by atoms with Gasteiger partial charge in [-0.2, -0.15) is 0 Å². The molecule has 0 radical (unpaired) electrons. The number of nitrogens with one attached hydrogen (secondary N) is 1. The number of benzene rings is 2. The largest absolute Gasteiger partial charge is 0.476 e. The molecule has 0 saturated carbocycles. The zero-order valence-corrected chi connectivity index (χ0v) is 21.7. The van der Waals surface area contributed by atoms with Gasteiger partial charge in [0.05, 0.1) is 17.4 Å². The van der Waals surface area contributed by atoms with E-state index in [4.69, 9.17) is 9.47 Å². The Balaban J connectivity index is 1.30. The van der Waals surface area contributed by atoms with Crippen LogP contribution in [0.3, 0.4) is 0 Å². The average molecular weight is 551 g/mol. The maximum Gasteiger partial charge on any atom is 0.362 e. The van der Waals surface area contributed by atoms with Crippen LogP contribution in [0.2, 0.25) is 0 Å². The van der Waals surface area contributed by atoms with Crippen LogP contribution in [0.15, 0.2) is 97.5 Å². The fourth-order valence-electron chi connectivity index (χ4n) is 4.59. The molecule has 0 fully saturated rings. The van der Waals surface area contributed by atoms with E-state index in [9.17, 15) is 19.1 Å². The second-order valence-corrected chi connectivity index (χ2v) is 9.30. The number of fused-ring (bicyclic) bond motifs is 2. The number of ether oxygens (including phenoxy) is 2. The molecule has 0 spiro atoms. The number of aryl methyl sites for hydroxylation is 1. The number of para-hydroxylation sites is 1. The first kappa shape index (κ1) is 25.6. The maximum atomic E-state index is 13.8. The van der Waals surface area contributed by atoms with Crippen molar-refractivity contribution < 1.29 is 28.6 Å². The van der Waals surface area contributed by atoms with Gasteiger partial charge in [0.15, 0.2) is 17.1 Å². The lowest BCUT2D eigenvalue weighted by Gasteiger charge is -2.16. The molecule has 6 aromatic rings. The van der Waals surface area contributed by atoms with Crippen LogP contribution in [0.5, 0.6) is 17.2 Å². The Morgan fingerprint density at radius 1 is 0.951 bits per heavy atom. The summed E-state index contributed by atoms with van der Waals surface area (Å²) in [6.45, 7) is 1.99. The predicted octanol–water partition coefficient (Wildman–Crippen LogP) is 6.36. The summed E-state index contributed by atoms with van der Waals surface area (Å²) in [6, 6.07) is 21.9. The molecular formula is C31H23FN4O5. The van der Waals surface area contributed by atoms with Crippen molar-refractivity contribution in [3.63, 3.8) is 0 Å². The summed E-state index contributed by atoms with van der Waals surface area (Å²) >= 11 is 0. The van der Waals surface area contributed by atoms with E-state index in [0.717, 1.165) is 5.56 Å². The lowest BCUT2D eigenvalue weighted by Crippen LogP contribution is -2.15. The van der Waals surface area contributed by atoms with Crippen molar-refractivity contribution in [3.8, 4) is 17.2 Å². The number of hydrogen-bond donors (Lipinski definition) is 2. The van der Waals surface area contributed by atoms with Gasteiger partial charge in [-0.3, -0.25) is 4.40 Å². The molecule has 0 aliphatic carbocycles. The van der Waals surface area contributed by atoms with Crippen molar-refractivity contribution in [2.45, 2.75) is 13.5 Å². The Kier molecular flexibility index (Phi) is 6.56. The Morgan fingerprint density at radius 3 is 2.59 bits per heavy atom. The number of imidazole rings is 1. The van der Waals surface area contributed by atoms with E-state index in [-0.39, 0.29) is 29.4 Å². The number of halogens is 1. The number of aromatic nitrogens is 3. The van der Waals surface area contributed by atoms with Gasteiger partial charge in [0.25, 0.3) is 0 Å². The van der Waals surface area contributed by atoms with Crippen molar-refractivity contribution in [1.29, 1.82) is 0 Å². The van der Waals surface area contributed by atoms with Crippen LogP contribution in [0.4, 0.5) is 10.1 Å². The maximum absolute atomic E-state index is 13.8. The van der Waals surface area contributed by atoms with Crippen molar-refractivity contribution in [2.75, 3.05) is 5.32 Å². The van der Waals surface area contributed by atoms with Gasteiger partial charge < -0.3 is 24.3 Å². The van der Waals surface area contributed by atoms with Gasteiger partial charge >= 0.3 is 11.9 Å². The van der Waals surface area contributed by atoms with Crippen LogP contribution in [0, 0.1) is 12.7 Å². The number of esters is 1. The van der Waals surface area contributed by atoms with Gasteiger partial charge in [-0.1, -0.05) is 24.3 Å². The van der Waals surface area contributed by atoms with Crippen LogP contribution in [-0.4, -0.2) is 30.8 Å². The molecule has 204 valence electrons. The molecule has 0 aliphatic rings. The molecule has 4 aromatic heterocycles. The highest BCUT2D eigenvalue weighted by molar-refractivity contribution is 5.96. The first-order valence-electron chi connectivity index (χ1n) is 12.7. The minimum atomic E-state index is -1.18. The third-order valence-corrected chi connectivity index (χ3v) is 6.63. The number of pyridine rings is 2. The Bertz CT molecular complexity index is 1930. The van der Waals surface area contributed by atoms with Gasteiger partial charge in [0.1, 0.15) is 23.0 Å². The molecule has 2 N–H and O–H groups in total. The number of anilines is 1. The summed E-state index contributed by atoms with van der Waals surface area (Å²) in [4.78, 5) is 29.9. The molecule has 6 rings (SSSR count). The predicted molar refractivity (Wildman–Crippen MR) is 149 cm³/mol. The third kappa shape index (κ3) is 5.06. The number of hydrogen-bond acceptors (Lipinski definition) is 6. The summed E-state index contributed by atoms with van der Waals surface area (Å²) in [5, 5.41) is 13.1. The summed E-state index contributed by atoms with van der Waals surface area (Å²) in [7, 11) is 0. The van der Waals surface area contributed by atoms with Gasteiger partial charge in [-0.15, -0.1) is 0 Å². The quantitative estimate of drug-likeness (QED) is 0.213. The van der Waals surface area contributed by atoms with E-state index in [1.807, 2.05) is 37.3 Å². The summed E-state index contributed by atoms with van der Waals surface area (Å²) in [6.07, 6.45) is 4.62. The highest BCUT2D eigenvalue weighted by Gasteiger charge is 2.22. The first-order valence-corrected chi connectivity index (χ1v) is 12.7. The van der Waals surface area contributed by atoms with E-state index in [1.165, 1.54) is 28.8 Å². The molecule has 0 saturated heterocycles. The molecule has 0 unspecified atom stereocenters. The number of nitrogens with zero attached hydrogens (tertiary/aromatic N) is 3. The van der Waals surface area contributed by atoms with E-state index < -0.39 is 17.8 Å². The molecule has 0 bridgehead atoms. The fourth-order valence-corrected chi connectivity index (χ4v) is 4.59. The molecule has 4 heterocycles. The van der Waals surface area contributed by atoms with Crippen LogP contribution < -0.4 is 14.8 Å². The molecule has 41 heavy (non-hydrogen) atoms. The number of carboxylic acid groups (broad SMARTS) is 1. The fraction of sp³-hybridized carbons (Fsp3) is 0.0645. The van der Waals surface area contributed by atoms with Crippen molar-refractivity contribution in [2.24, 2.45) is 0 Å². The number of carbonyl (C=O) groups is 2. The highest BCUT2D eigenvalue weighted by atomic mass is 19.1. The van der Waals surface area contributed by atoms with Gasteiger partial charge in [-0.25, -0.2) is 19.0 Å². The van der Waals surface area contributed by atoms with Gasteiger partial charge in [0.2, 0.25) is 0 Å². The van der Waals surface area contributed by atoms with Crippen molar-refractivity contribution in [1.82, 2.24) is 13.8 Å². The number of carboxylic acids is 1. The van der Waals surface area contributed by atoms with E-state index in [1.54, 1.807) is 47.1 Å². The smallest absolute Gasteiger partial charge is 0.362 e. The Labute approximate surface area is 233 Å². The van der Waals surface area contributed by atoms with E-state index in [2.05, 4.69) is 10.3 Å². The second kappa shape index (κ2) is 10.5. The zero-order valence-electron chi connectivity index (χ0n) is 21.7. The second-order valence-electron chi connectivity index (χ2n) is 9.30. The van der Waals surface area contributed by atoms with Crippen LogP contribution in [-0.2, 0) is 6.54 Å². The summed E-state index contributed by atoms with van der Waals surface area (Å²) in [5.74, 6) is -0.903. The number of rotatable bonds is 8. The zero-order chi connectivity index (χ0) is 28.5. The van der Waals surface area contributed by atoms with Crippen molar-refractivity contribution in [3.05, 3.63) is 126 Å². The normalized spacial score (nSPS) is 11.1. The monoisotopic (exact) mass is 550 g/mol. The van der Waals surface area contributed by atoms with Crippen LogP contribution >= 0.6 is 0 Å². The van der Waals surface area contributed by atoms with E-state index in [0.29, 0.717) is 28.2 Å². The lowest BCUT2D eigenvalue weighted by atomic mass is 10.1. The number of aromatic carboxylic acids is 1. The molecule has 0 atom stereocenters. The Hall–Kier alpha value is -5.64. The van der Waals surface area contributed by atoms with Gasteiger partial charge in [-0.05, 0) is 60.5 Å². The van der Waals surface area contributed by atoms with E-state index >= 15 is 0 Å². The average Bonchev–Trinajstić information content (AvgIpc) is 3.61. The first-order chi connectivity index (χ1) is 19.9. The lowest BCUT2D eigenvalue weighted by molar-refractivity contribution is 0.0689. The molecule has 10 heteroatoms.